The molecule has 1 amide bonds. The standard InChI is InChI=1S/C14H22N2O.ClH/c1-15-12-14(17)16-11-7-3-6-10-13-8-4-2-5-9-13;/h2,4-5,8-9,15H,3,6-7,10-12H2,1H3,(H,16,17);1H. The number of benzene rings is 1. The van der Waals surface area contributed by atoms with Crippen molar-refractivity contribution in [2.45, 2.75) is 25.7 Å². The number of rotatable bonds is 8. The van der Waals surface area contributed by atoms with Gasteiger partial charge in [-0.25, -0.2) is 0 Å². The molecule has 1 aromatic rings. The molecule has 0 aliphatic heterocycles. The second-order valence-electron chi connectivity index (χ2n) is 4.18. The molecule has 0 aliphatic rings. The first-order chi connectivity index (χ1) is 8.33. The van der Waals surface area contributed by atoms with E-state index in [-0.39, 0.29) is 18.3 Å². The van der Waals surface area contributed by atoms with Crippen molar-refractivity contribution in [3.05, 3.63) is 35.9 Å². The largest absolute Gasteiger partial charge is 0.355 e. The molecular formula is C14H23ClN2O. The molecule has 1 aromatic carbocycles. The van der Waals surface area contributed by atoms with Crippen molar-refractivity contribution in [3.63, 3.8) is 0 Å². The number of amides is 1. The van der Waals surface area contributed by atoms with Gasteiger partial charge in [-0.2, -0.15) is 0 Å². The smallest absolute Gasteiger partial charge is 0.233 e. The van der Waals surface area contributed by atoms with Crippen LogP contribution in [0.15, 0.2) is 30.3 Å². The van der Waals surface area contributed by atoms with E-state index in [4.69, 9.17) is 0 Å². The number of unbranched alkanes of at least 4 members (excludes halogenated alkanes) is 2. The summed E-state index contributed by atoms with van der Waals surface area (Å²) in [4.78, 5) is 11.1. The maximum atomic E-state index is 11.1. The molecule has 0 atom stereocenters. The molecule has 1 rings (SSSR count). The second kappa shape index (κ2) is 11.1. The van der Waals surface area contributed by atoms with Gasteiger partial charge in [0.05, 0.1) is 6.54 Å². The van der Waals surface area contributed by atoms with E-state index in [0.29, 0.717) is 6.54 Å². The van der Waals surface area contributed by atoms with E-state index in [1.54, 1.807) is 7.05 Å². The van der Waals surface area contributed by atoms with Crippen LogP contribution in [0, 0.1) is 0 Å². The first kappa shape index (κ1) is 16.9. The van der Waals surface area contributed by atoms with Gasteiger partial charge in [0, 0.05) is 6.54 Å². The van der Waals surface area contributed by atoms with E-state index in [2.05, 4.69) is 34.9 Å². The summed E-state index contributed by atoms with van der Waals surface area (Å²) >= 11 is 0. The van der Waals surface area contributed by atoms with Crippen molar-refractivity contribution in [1.29, 1.82) is 0 Å². The Morgan fingerprint density at radius 2 is 1.83 bits per heavy atom. The normalized spacial score (nSPS) is 9.61. The summed E-state index contributed by atoms with van der Waals surface area (Å²) in [7, 11) is 1.78. The molecule has 18 heavy (non-hydrogen) atoms. The Morgan fingerprint density at radius 3 is 2.50 bits per heavy atom. The van der Waals surface area contributed by atoms with Crippen LogP contribution in [0.2, 0.25) is 0 Å². The lowest BCUT2D eigenvalue weighted by molar-refractivity contribution is -0.120. The Kier molecular flexibility index (Phi) is 10.4. The topological polar surface area (TPSA) is 41.1 Å². The fourth-order valence-corrected chi connectivity index (χ4v) is 1.73. The molecule has 0 saturated carbocycles. The van der Waals surface area contributed by atoms with Gasteiger partial charge in [0.2, 0.25) is 5.91 Å². The van der Waals surface area contributed by atoms with Crippen LogP contribution in [0.1, 0.15) is 24.8 Å². The molecule has 0 radical (unpaired) electrons. The third-order valence-corrected chi connectivity index (χ3v) is 2.64. The molecule has 0 saturated heterocycles. The Hall–Kier alpha value is -1.06. The Morgan fingerprint density at radius 1 is 1.11 bits per heavy atom. The minimum atomic E-state index is 0. The molecular weight excluding hydrogens is 248 g/mol. The summed E-state index contributed by atoms with van der Waals surface area (Å²) in [5.74, 6) is 0.0792. The Bertz CT molecular complexity index is 317. The first-order valence-corrected chi connectivity index (χ1v) is 6.28. The fourth-order valence-electron chi connectivity index (χ4n) is 1.73. The molecule has 0 unspecified atom stereocenters. The lowest BCUT2D eigenvalue weighted by atomic mass is 10.1. The lowest BCUT2D eigenvalue weighted by Crippen LogP contribution is -2.32. The summed E-state index contributed by atoms with van der Waals surface area (Å²) in [5, 5.41) is 5.71. The maximum absolute atomic E-state index is 11.1. The zero-order valence-electron chi connectivity index (χ0n) is 10.9. The summed E-state index contributed by atoms with van der Waals surface area (Å²) in [6, 6.07) is 10.5. The number of carbonyl (C=O) groups is 1. The number of carbonyl (C=O) groups excluding carboxylic acids is 1. The second-order valence-corrected chi connectivity index (χ2v) is 4.18. The number of halogens is 1. The van der Waals surface area contributed by atoms with Crippen LogP contribution < -0.4 is 10.6 Å². The van der Waals surface area contributed by atoms with Crippen LogP contribution in [0.5, 0.6) is 0 Å². The van der Waals surface area contributed by atoms with Crippen LogP contribution in [0.25, 0.3) is 0 Å². The Balaban J connectivity index is 0.00000289. The van der Waals surface area contributed by atoms with Gasteiger partial charge in [-0.15, -0.1) is 12.4 Å². The van der Waals surface area contributed by atoms with Gasteiger partial charge >= 0.3 is 0 Å². The van der Waals surface area contributed by atoms with Gasteiger partial charge in [0.1, 0.15) is 0 Å². The number of hydrogen-bond donors (Lipinski definition) is 2. The summed E-state index contributed by atoms with van der Waals surface area (Å²) < 4.78 is 0. The molecule has 3 nitrogen and oxygen atoms in total. The van der Waals surface area contributed by atoms with Gasteiger partial charge in [-0.05, 0) is 31.9 Å². The van der Waals surface area contributed by atoms with Crippen molar-refractivity contribution in [3.8, 4) is 0 Å². The quantitative estimate of drug-likeness (QED) is 0.711. The van der Waals surface area contributed by atoms with Gasteiger partial charge < -0.3 is 10.6 Å². The highest BCUT2D eigenvalue weighted by Gasteiger charge is 1.97. The molecule has 0 bridgehead atoms. The van der Waals surface area contributed by atoms with Gasteiger partial charge in [-0.3, -0.25) is 4.79 Å². The predicted octanol–water partition coefficient (Wildman–Crippen LogP) is 2.16. The zero-order valence-corrected chi connectivity index (χ0v) is 11.8. The van der Waals surface area contributed by atoms with Crippen molar-refractivity contribution in [2.75, 3.05) is 20.1 Å². The molecule has 0 spiro atoms. The molecule has 102 valence electrons. The van der Waals surface area contributed by atoms with E-state index >= 15 is 0 Å². The van der Waals surface area contributed by atoms with Crippen LogP contribution in [0.3, 0.4) is 0 Å². The number of hydrogen-bond acceptors (Lipinski definition) is 2. The average molecular weight is 271 g/mol. The van der Waals surface area contributed by atoms with Crippen LogP contribution in [0.4, 0.5) is 0 Å². The molecule has 0 aliphatic carbocycles. The predicted molar refractivity (Wildman–Crippen MR) is 78.2 cm³/mol. The maximum Gasteiger partial charge on any atom is 0.233 e. The number of nitrogens with one attached hydrogen (secondary N) is 2. The fraction of sp³-hybridized carbons (Fsp3) is 0.500. The van der Waals surface area contributed by atoms with E-state index in [1.165, 1.54) is 12.0 Å². The molecule has 0 heterocycles. The van der Waals surface area contributed by atoms with Gasteiger partial charge in [0.25, 0.3) is 0 Å². The Labute approximate surface area is 116 Å². The zero-order chi connectivity index (χ0) is 12.3. The number of likely N-dealkylation sites (N-methyl/N-ethyl adjacent to an activating group) is 1. The molecule has 4 heteroatoms. The van der Waals surface area contributed by atoms with Gasteiger partial charge in [-0.1, -0.05) is 36.8 Å². The molecule has 2 N–H and O–H groups in total. The van der Waals surface area contributed by atoms with E-state index in [0.717, 1.165) is 25.8 Å². The summed E-state index contributed by atoms with van der Waals surface area (Å²) in [5.41, 5.74) is 1.40. The average Bonchev–Trinajstić information content (AvgIpc) is 2.35. The van der Waals surface area contributed by atoms with E-state index in [1.807, 2.05) is 6.07 Å². The third-order valence-electron chi connectivity index (χ3n) is 2.64. The van der Waals surface area contributed by atoms with Crippen LogP contribution in [-0.2, 0) is 11.2 Å². The van der Waals surface area contributed by atoms with Crippen molar-refractivity contribution in [2.24, 2.45) is 0 Å². The molecule has 0 aromatic heterocycles. The van der Waals surface area contributed by atoms with Crippen LogP contribution >= 0.6 is 12.4 Å². The highest BCUT2D eigenvalue weighted by atomic mass is 35.5. The van der Waals surface area contributed by atoms with Crippen molar-refractivity contribution in [1.82, 2.24) is 10.6 Å². The van der Waals surface area contributed by atoms with Crippen LogP contribution in [-0.4, -0.2) is 26.0 Å². The highest BCUT2D eigenvalue weighted by molar-refractivity contribution is 5.85. The minimum absolute atomic E-state index is 0. The third kappa shape index (κ3) is 8.09. The van der Waals surface area contributed by atoms with E-state index < -0.39 is 0 Å². The SMILES string of the molecule is CNCC(=O)NCCCCCc1ccccc1.Cl. The van der Waals surface area contributed by atoms with Crippen molar-refractivity contribution < 1.29 is 4.79 Å². The summed E-state index contributed by atoms with van der Waals surface area (Å²) in [6.45, 7) is 1.19. The minimum Gasteiger partial charge on any atom is -0.355 e. The lowest BCUT2D eigenvalue weighted by Gasteiger charge is -2.04. The number of aryl methyl sites for hydroxylation is 1. The van der Waals surface area contributed by atoms with Crippen molar-refractivity contribution >= 4 is 18.3 Å². The summed E-state index contributed by atoms with van der Waals surface area (Å²) in [6.07, 6.45) is 4.54. The van der Waals surface area contributed by atoms with Gasteiger partial charge in [0.15, 0.2) is 0 Å². The van der Waals surface area contributed by atoms with E-state index in [9.17, 15) is 4.79 Å². The molecule has 0 fully saturated rings. The monoisotopic (exact) mass is 270 g/mol. The first-order valence-electron chi connectivity index (χ1n) is 6.28. The highest BCUT2D eigenvalue weighted by Crippen LogP contribution is 2.05.